The molecule has 25 heavy (non-hydrogen) atoms. The summed E-state index contributed by atoms with van der Waals surface area (Å²) in [5.74, 6) is -0.757. The van der Waals surface area contributed by atoms with Crippen LogP contribution in [0.1, 0.15) is 25.3 Å². The number of aryl methyl sites for hydroxylation is 1. The van der Waals surface area contributed by atoms with Gasteiger partial charge in [-0.2, -0.15) is 4.72 Å². The van der Waals surface area contributed by atoms with Crippen molar-refractivity contribution in [2.24, 2.45) is 5.92 Å². The Hall–Kier alpha value is -1.93. The first-order valence-corrected chi connectivity index (χ1v) is 9.68. The highest BCUT2D eigenvalue weighted by Crippen LogP contribution is 2.19. The van der Waals surface area contributed by atoms with Crippen molar-refractivity contribution in [3.8, 4) is 0 Å². The highest BCUT2D eigenvalue weighted by Gasteiger charge is 2.31. The number of nitrogens with one attached hydrogen (secondary N) is 1. The molecule has 138 valence electrons. The average molecular weight is 368 g/mol. The number of sulfonamides is 1. The summed E-state index contributed by atoms with van der Waals surface area (Å²) in [7, 11) is -2.41. The summed E-state index contributed by atoms with van der Waals surface area (Å²) in [6, 6.07) is 5.56. The smallest absolute Gasteiger partial charge is 0.308 e. The number of likely N-dealkylation sites (tertiary alicyclic amines) is 1. The highest BCUT2D eigenvalue weighted by molar-refractivity contribution is 7.89. The molecule has 1 heterocycles. The number of esters is 1. The molecule has 2 rings (SSSR count). The number of nitrogens with zero attached hydrogens (tertiary/aromatic N) is 1. The van der Waals surface area contributed by atoms with Crippen LogP contribution in [0.5, 0.6) is 0 Å². The summed E-state index contributed by atoms with van der Waals surface area (Å²) in [4.78, 5) is 25.7. The van der Waals surface area contributed by atoms with Crippen LogP contribution in [0.4, 0.5) is 0 Å². The van der Waals surface area contributed by atoms with Crippen LogP contribution in [0.15, 0.2) is 29.2 Å². The third-order valence-corrected chi connectivity index (χ3v) is 5.93. The first-order valence-electron chi connectivity index (χ1n) is 8.20. The van der Waals surface area contributed by atoms with Crippen molar-refractivity contribution in [1.82, 2.24) is 9.62 Å². The van der Waals surface area contributed by atoms with Crippen LogP contribution in [-0.2, 0) is 24.3 Å². The van der Waals surface area contributed by atoms with Gasteiger partial charge >= 0.3 is 5.97 Å². The Balaban J connectivity index is 1.96. The van der Waals surface area contributed by atoms with Crippen molar-refractivity contribution < 1.29 is 22.7 Å². The quantitative estimate of drug-likeness (QED) is 0.785. The highest BCUT2D eigenvalue weighted by atomic mass is 32.2. The number of hydrogen-bond acceptors (Lipinski definition) is 5. The Bertz CT molecular complexity index is 722. The maximum atomic E-state index is 12.5. The summed E-state index contributed by atoms with van der Waals surface area (Å²) in [6.45, 7) is 4.22. The number of benzene rings is 1. The largest absolute Gasteiger partial charge is 0.469 e. The Morgan fingerprint density at radius 1 is 1.20 bits per heavy atom. The minimum absolute atomic E-state index is 0.127. The van der Waals surface area contributed by atoms with E-state index >= 15 is 0 Å². The average Bonchev–Trinajstić information content (AvgIpc) is 2.60. The molecule has 1 aromatic rings. The van der Waals surface area contributed by atoms with Gasteiger partial charge in [0.1, 0.15) is 0 Å². The Morgan fingerprint density at radius 3 is 2.28 bits per heavy atom. The van der Waals surface area contributed by atoms with E-state index in [1.807, 2.05) is 6.92 Å². The topological polar surface area (TPSA) is 92.8 Å². The minimum atomic E-state index is -3.76. The van der Waals surface area contributed by atoms with Gasteiger partial charge < -0.3 is 9.64 Å². The van der Waals surface area contributed by atoms with Gasteiger partial charge in [0.15, 0.2) is 0 Å². The number of amides is 1. The van der Waals surface area contributed by atoms with Crippen molar-refractivity contribution in [3.05, 3.63) is 29.8 Å². The Morgan fingerprint density at radius 2 is 1.76 bits per heavy atom. The molecule has 1 aliphatic heterocycles. The fourth-order valence-corrected chi connectivity index (χ4v) is 4.04. The second kappa shape index (κ2) is 7.97. The number of methoxy groups -OCH3 is 1. The fourth-order valence-electron chi connectivity index (χ4n) is 2.84. The Kier molecular flexibility index (Phi) is 6.18. The van der Waals surface area contributed by atoms with E-state index in [0.717, 1.165) is 5.56 Å². The summed E-state index contributed by atoms with van der Waals surface area (Å²) in [6.07, 6.45) is 1.05. The van der Waals surface area contributed by atoms with E-state index < -0.39 is 16.1 Å². The monoisotopic (exact) mass is 368 g/mol. The van der Waals surface area contributed by atoms with E-state index in [4.69, 9.17) is 4.74 Å². The molecule has 1 atom stereocenters. The van der Waals surface area contributed by atoms with Gasteiger partial charge in [-0.15, -0.1) is 0 Å². The Labute approximate surface area is 148 Å². The summed E-state index contributed by atoms with van der Waals surface area (Å²) in [5.41, 5.74) is 0.955. The number of carbonyl (C=O) groups excluding carboxylic acids is 2. The molecule has 0 aliphatic carbocycles. The summed E-state index contributed by atoms with van der Waals surface area (Å²) in [5, 5.41) is 0. The standard InChI is InChI=1S/C17H24N2O5S/c1-12-4-6-15(7-5-12)25(22,23)18-13(2)16(20)19-10-8-14(9-11-19)17(21)24-3/h4-7,13-14,18H,8-11H2,1-3H3/t13-/m1/s1. The molecular formula is C17H24N2O5S. The second-order valence-electron chi connectivity index (χ2n) is 6.28. The van der Waals surface area contributed by atoms with Crippen molar-refractivity contribution >= 4 is 21.9 Å². The summed E-state index contributed by atoms with van der Waals surface area (Å²) >= 11 is 0. The van der Waals surface area contributed by atoms with Gasteiger partial charge in [0, 0.05) is 13.1 Å². The van der Waals surface area contributed by atoms with Crippen LogP contribution < -0.4 is 4.72 Å². The molecule has 1 aliphatic rings. The number of piperidine rings is 1. The van der Waals surface area contributed by atoms with Gasteiger partial charge in [-0.05, 0) is 38.8 Å². The molecule has 1 amide bonds. The van der Waals surface area contributed by atoms with Gasteiger partial charge in [-0.3, -0.25) is 9.59 Å². The number of hydrogen-bond donors (Lipinski definition) is 1. The minimum Gasteiger partial charge on any atom is -0.469 e. The van der Waals surface area contributed by atoms with Gasteiger partial charge in [-0.25, -0.2) is 8.42 Å². The first kappa shape index (κ1) is 19.4. The SMILES string of the molecule is COC(=O)C1CCN(C(=O)[C@@H](C)NS(=O)(=O)c2ccc(C)cc2)CC1. The zero-order valence-electron chi connectivity index (χ0n) is 14.7. The molecule has 0 aromatic heterocycles. The van der Waals surface area contributed by atoms with Crippen LogP contribution in [0.2, 0.25) is 0 Å². The fraction of sp³-hybridized carbons (Fsp3) is 0.529. The van der Waals surface area contributed by atoms with Crippen LogP contribution >= 0.6 is 0 Å². The molecule has 0 radical (unpaired) electrons. The second-order valence-corrected chi connectivity index (χ2v) is 7.99. The van der Waals surface area contributed by atoms with Crippen molar-refractivity contribution in [2.75, 3.05) is 20.2 Å². The van der Waals surface area contributed by atoms with E-state index in [-0.39, 0.29) is 22.7 Å². The zero-order chi connectivity index (χ0) is 18.6. The lowest BCUT2D eigenvalue weighted by Gasteiger charge is -2.32. The normalized spacial score (nSPS) is 17.2. The molecule has 0 spiro atoms. The predicted molar refractivity (Wildman–Crippen MR) is 92.3 cm³/mol. The molecule has 0 bridgehead atoms. The van der Waals surface area contributed by atoms with Crippen LogP contribution in [0.3, 0.4) is 0 Å². The zero-order valence-corrected chi connectivity index (χ0v) is 15.5. The van der Waals surface area contributed by atoms with Crippen molar-refractivity contribution in [3.63, 3.8) is 0 Å². The third kappa shape index (κ3) is 4.79. The van der Waals surface area contributed by atoms with Gasteiger partial charge in [-0.1, -0.05) is 17.7 Å². The predicted octanol–water partition coefficient (Wildman–Crippen LogP) is 1.07. The molecule has 1 saturated heterocycles. The van der Waals surface area contributed by atoms with Crippen LogP contribution in [0, 0.1) is 12.8 Å². The number of ether oxygens (including phenoxy) is 1. The lowest BCUT2D eigenvalue weighted by Crippen LogP contribution is -2.49. The molecule has 7 nitrogen and oxygen atoms in total. The number of rotatable bonds is 5. The van der Waals surface area contributed by atoms with Crippen molar-refractivity contribution in [1.29, 1.82) is 0 Å². The van der Waals surface area contributed by atoms with Crippen molar-refractivity contribution in [2.45, 2.75) is 37.6 Å². The van der Waals surface area contributed by atoms with E-state index in [1.54, 1.807) is 17.0 Å². The van der Waals surface area contributed by atoms with Crippen LogP contribution in [-0.4, -0.2) is 51.4 Å². The van der Waals surface area contributed by atoms with E-state index in [2.05, 4.69) is 4.72 Å². The lowest BCUT2D eigenvalue weighted by atomic mass is 9.96. The molecule has 0 unspecified atom stereocenters. The van der Waals surface area contributed by atoms with Crippen LogP contribution in [0.25, 0.3) is 0 Å². The molecule has 0 saturated carbocycles. The number of carbonyl (C=O) groups is 2. The molecular weight excluding hydrogens is 344 g/mol. The lowest BCUT2D eigenvalue weighted by molar-refractivity contribution is -0.149. The molecule has 1 fully saturated rings. The molecule has 8 heteroatoms. The third-order valence-electron chi connectivity index (χ3n) is 4.37. The first-order chi connectivity index (χ1) is 11.7. The van der Waals surface area contributed by atoms with E-state index in [9.17, 15) is 18.0 Å². The van der Waals surface area contributed by atoms with E-state index in [0.29, 0.717) is 25.9 Å². The van der Waals surface area contributed by atoms with E-state index in [1.165, 1.54) is 26.2 Å². The molecule has 1 N–H and O–H groups in total. The maximum Gasteiger partial charge on any atom is 0.308 e. The van der Waals surface area contributed by atoms with Gasteiger partial charge in [0.2, 0.25) is 15.9 Å². The van der Waals surface area contributed by atoms with Gasteiger partial charge in [0.25, 0.3) is 0 Å². The molecule has 1 aromatic carbocycles. The van der Waals surface area contributed by atoms with Gasteiger partial charge in [0.05, 0.1) is 24.0 Å². The summed E-state index contributed by atoms with van der Waals surface area (Å²) < 4.78 is 31.9. The maximum absolute atomic E-state index is 12.5.